The first-order valence-corrected chi connectivity index (χ1v) is 7.28. The van der Waals surface area contributed by atoms with Crippen LogP contribution in [0.4, 0.5) is 11.5 Å². The molecule has 1 saturated heterocycles. The van der Waals surface area contributed by atoms with E-state index in [0.29, 0.717) is 0 Å². The van der Waals surface area contributed by atoms with Gasteiger partial charge in [0.25, 0.3) is 0 Å². The molecule has 0 radical (unpaired) electrons. The lowest BCUT2D eigenvalue weighted by Gasteiger charge is -2.19. The normalized spacial score (nSPS) is 19.2. The maximum Gasteiger partial charge on any atom is 0.127 e. The van der Waals surface area contributed by atoms with Crippen LogP contribution in [-0.4, -0.2) is 24.6 Å². The van der Waals surface area contributed by atoms with Gasteiger partial charge in [0.2, 0.25) is 0 Å². The van der Waals surface area contributed by atoms with Crippen molar-refractivity contribution in [2.24, 2.45) is 5.92 Å². The zero-order valence-corrected chi connectivity index (χ0v) is 11.7. The summed E-state index contributed by atoms with van der Waals surface area (Å²) in [5, 5.41) is 3.36. The number of hydrogen-bond donors (Lipinski definition) is 1. The van der Waals surface area contributed by atoms with Crippen molar-refractivity contribution < 1.29 is 0 Å². The van der Waals surface area contributed by atoms with Gasteiger partial charge in [0.15, 0.2) is 0 Å². The summed E-state index contributed by atoms with van der Waals surface area (Å²) >= 11 is 0. The molecule has 0 aliphatic carbocycles. The number of nitrogens with one attached hydrogen (secondary N) is 1. The van der Waals surface area contributed by atoms with Gasteiger partial charge in [-0.1, -0.05) is 20.3 Å². The topological polar surface area (TPSA) is 28.2 Å². The smallest absolute Gasteiger partial charge is 0.127 e. The van der Waals surface area contributed by atoms with Crippen LogP contribution < -0.4 is 10.2 Å². The van der Waals surface area contributed by atoms with Crippen LogP contribution in [0.5, 0.6) is 0 Å². The van der Waals surface area contributed by atoms with Gasteiger partial charge in [-0.25, -0.2) is 4.98 Å². The molecule has 3 heteroatoms. The zero-order chi connectivity index (χ0) is 12.8. The summed E-state index contributed by atoms with van der Waals surface area (Å²) in [6.45, 7) is 7.86. The van der Waals surface area contributed by atoms with E-state index in [2.05, 4.69) is 41.2 Å². The third-order valence-electron chi connectivity index (χ3n) is 3.65. The summed E-state index contributed by atoms with van der Waals surface area (Å²) in [6, 6.07) is 4.31. The Morgan fingerprint density at radius 2 is 2.28 bits per heavy atom. The van der Waals surface area contributed by atoms with Gasteiger partial charge in [-0.05, 0) is 31.2 Å². The van der Waals surface area contributed by atoms with Gasteiger partial charge < -0.3 is 10.2 Å². The number of anilines is 2. The molecule has 100 valence electrons. The van der Waals surface area contributed by atoms with E-state index in [-0.39, 0.29) is 0 Å². The minimum atomic E-state index is 0.884. The molecule has 0 aromatic carbocycles. The third kappa shape index (κ3) is 3.37. The van der Waals surface area contributed by atoms with Gasteiger partial charge in [0, 0.05) is 37.6 Å². The second-order valence-electron chi connectivity index (χ2n) is 5.22. The number of aromatic nitrogens is 1. The van der Waals surface area contributed by atoms with E-state index >= 15 is 0 Å². The fourth-order valence-corrected chi connectivity index (χ4v) is 2.68. The van der Waals surface area contributed by atoms with Crippen molar-refractivity contribution in [1.82, 2.24) is 4.98 Å². The Hall–Kier alpha value is -1.25. The van der Waals surface area contributed by atoms with Crippen molar-refractivity contribution in [3.05, 3.63) is 18.3 Å². The van der Waals surface area contributed by atoms with Crippen molar-refractivity contribution in [2.75, 3.05) is 29.9 Å². The molecule has 1 atom stereocenters. The average molecular weight is 247 g/mol. The van der Waals surface area contributed by atoms with E-state index in [1.54, 1.807) is 0 Å². The lowest BCUT2D eigenvalue weighted by atomic mass is 10.0. The van der Waals surface area contributed by atoms with Gasteiger partial charge >= 0.3 is 0 Å². The maximum atomic E-state index is 4.37. The number of pyridine rings is 1. The van der Waals surface area contributed by atoms with Gasteiger partial charge in [-0.15, -0.1) is 0 Å². The molecule has 1 unspecified atom stereocenters. The number of nitrogens with zero attached hydrogens (tertiary/aromatic N) is 2. The molecular weight excluding hydrogens is 222 g/mol. The monoisotopic (exact) mass is 247 g/mol. The number of rotatable bonds is 6. The highest BCUT2D eigenvalue weighted by atomic mass is 15.2. The summed E-state index contributed by atoms with van der Waals surface area (Å²) in [7, 11) is 0. The Morgan fingerprint density at radius 1 is 1.39 bits per heavy atom. The molecule has 1 aliphatic heterocycles. The molecule has 0 amide bonds. The second-order valence-corrected chi connectivity index (χ2v) is 5.22. The van der Waals surface area contributed by atoms with E-state index in [9.17, 15) is 0 Å². The highest BCUT2D eigenvalue weighted by Crippen LogP contribution is 2.27. The van der Waals surface area contributed by atoms with Crippen LogP contribution in [0.3, 0.4) is 0 Å². The fraction of sp³-hybridized carbons (Fsp3) is 0.667. The maximum absolute atomic E-state index is 4.37. The molecule has 2 heterocycles. The SMILES string of the molecule is CCCNc1cc(N2CCC(CCC)C2)ccn1. The van der Waals surface area contributed by atoms with Gasteiger partial charge in [0.05, 0.1) is 0 Å². The predicted molar refractivity (Wildman–Crippen MR) is 78.2 cm³/mol. The van der Waals surface area contributed by atoms with E-state index in [0.717, 1.165) is 24.7 Å². The van der Waals surface area contributed by atoms with Crippen LogP contribution in [-0.2, 0) is 0 Å². The van der Waals surface area contributed by atoms with Crippen LogP contribution in [0.25, 0.3) is 0 Å². The summed E-state index contributed by atoms with van der Waals surface area (Å²) in [4.78, 5) is 6.87. The molecule has 0 bridgehead atoms. The van der Waals surface area contributed by atoms with Crippen LogP contribution in [0, 0.1) is 5.92 Å². The van der Waals surface area contributed by atoms with Crippen molar-refractivity contribution >= 4 is 11.5 Å². The summed E-state index contributed by atoms with van der Waals surface area (Å²) in [6.07, 6.45) is 7.06. The Morgan fingerprint density at radius 3 is 3.06 bits per heavy atom. The zero-order valence-electron chi connectivity index (χ0n) is 11.7. The van der Waals surface area contributed by atoms with Crippen molar-refractivity contribution in [1.29, 1.82) is 0 Å². The molecule has 0 saturated carbocycles. The van der Waals surface area contributed by atoms with Crippen LogP contribution in [0.15, 0.2) is 18.3 Å². The minimum Gasteiger partial charge on any atom is -0.371 e. The number of hydrogen-bond acceptors (Lipinski definition) is 3. The fourth-order valence-electron chi connectivity index (χ4n) is 2.68. The van der Waals surface area contributed by atoms with E-state index < -0.39 is 0 Å². The highest BCUT2D eigenvalue weighted by molar-refractivity contribution is 5.54. The van der Waals surface area contributed by atoms with E-state index in [4.69, 9.17) is 0 Å². The minimum absolute atomic E-state index is 0.884. The Labute approximate surface area is 111 Å². The first-order valence-electron chi connectivity index (χ1n) is 7.28. The first kappa shape index (κ1) is 13.2. The lowest BCUT2D eigenvalue weighted by Crippen LogP contribution is -2.19. The summed E-state index contributed by atoms with van der Waals surface area (Å²) < 4.78 is 0. The Bertz CT molecular complexity index is 365. The molecule has 18 heavy (non-hydrogen) atoms. The average Bonchev–Trinajstić information content (AvgIpc) is 2.86. The molecule has 0 spiro atoms. The molecule has 1 aliphatic rings. The van der Waals surface area contributed by atoms with Gasteiger partial charge in [0.1, 0.15) is 5.82 Å². The molecule has 2 rings (SSSR count). The van der Waals surface area contributed by atoms with E-state index in [1.165, 1.54) is 38.0 Å². The quantitative estimate of drug-likeness (QED) is 0.833. The van der Waals surface area contributed by atoms with Crippen LogP contribution in [0.1, 0.15) is 39.5 Å². The molecule has 1 fully saturated rings. The molecular formula is C15H25N3. The highest BCUT2D eigenvalue weighted by Gasteiger charge is 2.21. The van der Waals surface area contributed by atoms with Crippen molar-refractivity contribution in [3.8, 4) is 0 Å². The van der Waals surface area contributed by atoms with Gasteiger partial charge in [-0.2, -0.15) is 0 Å². The molecule has 1 aromatic heterocycles. The predicted octanol–water partition coefficient (Wildman–Crippen LogP) is 3.53. The molecule has 1 N–H and O–H groups in total. The lowest BCUT2D eigenvalue weighted by molar-refractivity contribution is 0.530. The van der Waals surface area contributed by atoms with Crippen LogP contribution >= 0.6 is 0 Å². The largest absolute Gasteiger partial charge is 0.371 e. The van der Waals surface area contributed by atoms with Crippen molar-refractivity contribution in [3.63, 3.8) is 0 Å². The van der Waals surface area contributed by atoms with E-state index in [1.807, 2.05) is 6.20 Å². The summed E-state index contributed by atoms with van der Waals surface area (Å²) in [5.41, 5.74) is 1.32. The Kier molecular flexibility index (Phi) is 4.85. The first-order chi connectivity index (χ1) is 8.83. The molecule has 3 nitrogen and oxygen atoms in total. The van der Waals surface area contributed by atoms with Crippen molar-refractivity contribution in [2.45, 2.75) is 39.5 Å². The van der Waals surface area contributed by atoms with Gasteiger partial charge in [-0.3, -0.25) is 0 Å². The van der Waals surface area contributed by atoms with Crippen LogP contribution in [0.2, 0.25) is 0 Å². The Balaban J connectivity index is 1.96. The standard InChI is InChI=1S/C15H25N3/c1-3-5-13-7-10-18(12-13)14-6-9-17-15(11-14)16-8-4-2/h6,9,11,13H,3-5,7-8,10,12H2,1-2H3,(H,16,17). The second kappa shape index (κ2) is 6.62. The summed E-state index contributed by atoms with van der Waals surface area (Å²) in [5.74, 6) is 1.89. The molecule has 1 aromatic rings. The third-order valence-corrected chi connectivity index (χ3v) is 3.65.